The van der Waals surface area contributed by atoms with Crippen molar-refractivity contribution in [2.45, 2.75) is 32.4 Å². The zero-order valence-corrected chi connectivity index (χ0v) is 13.1. The standard InChI is InChI=1S/C14H19N3O3S/c1-4-15-9-12-5-6-14(20-12)21(18,19)17-13-8-10(2)7-11(3)16-13/h5-8,15H,4,9H2,1-3H3,(H,16,17). The second-order valence-electron chi connectivity index (χ2n) is 4.78. The van der Waals surface area contributed by atoms with Crippen LogP contribution in [-0.4, -0.2) is 19.9 Å². The molecule has 0 radical (unpaired) electrons. The van der Waals surface area contributed by atoms with E-state index < -0.39 is 10.0 Å². The van der Waals surface area contributed by atoms with Crippen LogP contribution in [0.1, 0.15) is 23.9 Å². The van der Waals surface area contributed by atoms with Gasteiger partial charge in [-0.15, -0.1) is 0 Å². The summed E-state index contributed by atoms with van der Waals surface area (Å²) in [4.78, 5) is 4.16. The summed E-state index contributed by atoms with van der Waals surface area (Å²) < 4.78 is 32.3. The molecule has 6 nitrogen and oxygen atoms in total. The van der Waals surface area contributed by atoms with Crippen LogP contribution in [0.25, 0.3) is 0 Å². The highest BCUT2D eigenvalue weighted by Gasteiger charge is 2.19. The van der Waals surface area contributed by atoms with Gasteiger partial charge in [-0.2, -0.15) is 8.42 Å². The minimum Gasteiger partial charge on any atom is -0.446 e. The molecular weight excluding hydrogens is 290 g/mol. The van der Waals surface area contributed by atoms with Crippen LogP contribution in [0.3, 0.4) is 0 Å². The summed E-state index contributed by atoms with van der Waals surface area (Å²) in [5, 5.41) is 2.96. The first-order valence-electron chi connectivity index (χ1n) is 6.68. The Labute approximate surface area is 124 Å². The van der Waals surface area contributed by atoms with Gasteiger partial charge in [0.2, 0.25) is 5.09 Å². The lowest BCUT2D eigenvalue weighted by Crippen LogP contribution is -2.14. The van der Waals surface area contributed by atoms with Crippen LogP contribution in [0.2, 0.25) is 0 Å². The molecule has 21 heavy (non-hydrogen) atoms. The lowest BCUT2D eigenvalue weighted by molar-refractivity contribution is 0.405. The molecule has 114 valence electrons. The van der Waals surface area contributed by atoms with Gasteiger partial charge in [0.15, 0.2) is 0 Å². The molecule has 0 amide bonds. The van der Waals surface area contributed by atoms with E-state index in [0.29, 0.717) is 12.3 Å². The van der Waals surface area contributed by atoms with E-state index in [4.69, 9.17) is 4.42 Å². The Morgan fingerprint density at radius 2 is 2.00 bits per heavy atom. The average molecular weight is 309 g/mol. The predicted octanol–water partition coefficient (Wildman–Crippen LogP) is 2.20. The Morgan fingerprint density at radius 3 is 2.67 bits per heavy atom. The summed E-state index contributed by atoms with van der Waals surface area (Å²) in [6.45, 7) is 6.94. The van der Waals surface area contributed by atoms with E-state index >= 15 is 0 Å². The van der Waals surface area contributed by atoms with Gasteiger partial charge in [-0.1, -0.05) is 6.92 Å². The molecule has 0 aliphatic heterocycles. The number of hydrogen-bond acceptors (Lipinski definition) is 5. The third-order valence-corrected chi connectivity index (χ3v) is 4.01. The van der Waals surface area contributed by atoms with Crippen molar-refractivity contribution in [3.05, 3.63) is 41.3 Å². The van der Waals surface area contributed by atoms with Gasteiger partial charge >= 0.3 is 0 Å². The van der Waals surface area contributed by atoms with E-state index in [2.05, 4.69) is 15.0 Å². The van der Waals surface area contributed by atoms with Crippen LogP contribution in [0.15, 0.2) is 33.8 Å². The van der Waals surface area contributed by atoms with Crippen molar-refractivity contribution >= 4 is 15.8 Å². The molecule has 2 heterocycles. The maximum Gasteiger partial charge on any atom is 0.296 e. The van der Waals surface area contributed by atoms with Gasteiger partial charge in [0.05, 0.1) is 6.54 Å². The Kier molecular flexibility index (Phi) is 4.64. The first-order chi connectivity index (χ1) is 9.90. The van der Waals surface area contributed by atoms with E-state index in [1.54, 1.807) is 12.1 Å². The number of hydrogen-bond donors (Lipinski definition) is 2. The Hall–Kier alpha value is -1.86. The van der Waals surface area contributed by atoms with Crippen LogP contribution in [-0.2, 0) is 16.6 Å². The van der Waals surface area contributed by atoms with E-state index in [0.717, 1.165) is 17.8 Å². The summed E-state index contributed by atoms with van der Waals surface area (Å²) >= 11 is 0. The highest BCUT2D eigenvalue weighted by atomic mass is 32.2. The molecule has 0 aliphatic carbocycles. The molecule has 2 aromatic heterocycles. The monoisotopic (exact) mass is 309 g/mol. The SMILES string of the molecule is CCNCc1ccc(S(=O)(=O)Nc2cc(C)cc(C)n2)o1. The van der Waals surface area contributed by atoms with Gasteiger partial charge in [-0.05, 0) is 50.2 Å². The molecule has 0 aliphatic rings. The molecule has 0 spiro atoms. The van der Waals surface area contributed by atoms with Gasteiger partial charge in [-0.25, -0.2) is 4.98 Å². The summed E-state index contributed by atoms with van der Waals surface area (Å²) in [6, 6.07) is 6.63. The van der Waals surface area contributed by atoms with Crippen molar-refractivity contribution in [3.8, 4) is 0 Å². The highest BCUT2D eigenvalue weighted by molar-refractivity contribution is 7.92. The third kappa shape index (κ3) is 4.05. The van der Waals surface area contributed by atoms with Crippen molar-refractivity contribution < 1.29 is 12.8 Å². The zero-order valence-electron chi connectivity index (χ0n) is 12.3. The van der Waals surface area contributed by atoms with Gasteiger partial charge in [0.25, 0.3) is 10.0 Å². The molecule has 0 saturated carbocycles. The number of aryl methyl sites for hydroxylation is 2. The molecule has 0 aromatic carbocycles. The summed E-state index contributed by atoms with van der Waals surface area (Å²) in [7, 11) is -3.76. The molecule has 2 aromatic rings. The zero-order chi connectivity index (χ0) is 15.5. The fraction of sp³-hybridized carbons (Fsp3) is 0.357. The Morgan fingerprint density at radius 1 is 1.24 bits per heavy atom. The quantitative estimate of drug-likeness (QED) is 0.854. The molecule has 2 rings (SSSR count). The minimum atomic E-state index is -3.76. The second-order valence-corrected chi connectivity index (χ2v) is 6.39. The minimum absolute atomic E-state index is 0.114. The first kappa shape index (κ1) is 15.5. The van der Waals surface area contributed by atoms with Crippen LogP contribution in [0.4, 0.5) is 5.82 Å². The molecule has 0 saturated heterocycles. The van der Waals surface area contributed by atoms with Gasteiger partial charge in [-0.3, -0.25) is 4.72 Å². The van der Waals surface area contributed by atoms with Crippen LogP contribution in [0.5, 0.6) is 0 Å². The number of nitrogens with one attached hydrogen (secondary N) is 2. The molecule has 2 N–H and O–H groups in total. The molecule has 0 atom stereocenters. The van der Waals surface area contributed by atoms with Gasteiger partial charge < -0.3 is 9.73 Å². The van der Waals surface area contributed by atoms with Gasteiger partial charge in [0, 0.05) is 5.69 Å². The van der Waals surface area contributed by atoms with E-state index in [-0.39, 0.29) is 10.9 Å². The number of anilines is 1. The first-order valence-corrected chi connectivity index (χ1v) is 8.16. The van der Waals surface area contributed by atoms with Crippen LogP contribution < -0.4 is 10.0 Å². The van der Waals surface area contributed by atoms with Crippen molar-refractivity contribution in [3.63, 3.8) is 0 Å². The number of furan rings is 1. The predicted molar refractivity (Wildman–Crippen MR) is 80.6 cm³/mol. The summed E-state index contributed by atoms with van der Waals surface area (Å²) in [5.41, 5.74) is 1.69. The molecular formula is C14H19N3O3S. The molecule has 7 heteroatoms. The molecule has 0 fully saturated rings. The van der Waals surface area contributed by atoms with E-state index in [1.807, 2.05) is 26.8 Å². The smallest absolute Gasteiger partial charge is 0.296 e. The number of aromatic nitrogens is 1. The van der Waals surface area contributed by atoms with Crippen LogP contribution >= 0.6 is 0 Å². The maximum absolute atomic E-state index is 12.2. The van der Waals surface area contributed by atoms with Crippen molar-refractivity contribution in [1.29, 1.82) is 0 Å². The van der Waals surface area contributed by atoms with E-state index in [9.17, 15) is 8.42 Å². The number of nitrogens with zero attached hydrogens (tertiary/aromatic N) is 1. The maximum atomic E-state index is 12.2. The van der Waals surface area contributed by atoms with E-state index in [1.165, 1.54) is 6.07 Å². The topological polar surface area (TPSA) is 84.2 Å². The number of rotatable bonds is 6. The molecule has 0 bridgehead atoms. The lowest BCUT2D eigenvalue weighted by Gasteiger charge is -2.07. The second kappa shape index (κ2) is 6.28. The number of pyridine rings is 1. The van der Waals surface area contributed by atoms with Crippen molar-refractivity contribution in [1.82, 2.24) is 10.3 Å². The largest absolute Gasteiger partial charge is 0.446 e. The fourth-order valence-electron chi connectivity index (χ4n) is 1.93. The lowest BCUT2D eigenvalue weighted by atomic mass is 10.2. The Balaban J connectivity index is 2.19. The number of sulfonamides is 1. The van der Waals surface area contributed by atoms with Crippen LogP contribution in [0, 0.1) is 13.8 Å². The Bertz CT molecular complexity index is 703. The fourth-order valence-corrected chi connectivity index (χ4v) is 2.87. The van der Waals surface area contributed by atoms with Crippen molar-refractivity contribution in [2.24, 2.45) is 0 Å². The van der Waals surface area contributed by atoms with Crippen molar-refractivity contribution in [2.75, 3.05) is 11.3 Å². The summed E-state index contributed by atoms with van der Waals surface area (Å²) in [5.74, 6) is 0.864. The average Bonchev–Trinajstić information content (AvgIpc) is 2.84. The third-order valence-electron chi connectivity index (χ3n) is 2.79. The summed E-state index contributed by atoms with van der Waals surface area (Å²) in [6.07, 6.45) is 0. The highest BCUT2D eigenvalue weighted by Crippen LogP contribution is 2.18. The molecule has 0 unspecified atom stereocenters. The normalized spacial score (nSPS) is 11.6. The van der Waals surface area contributed by atoms with Gasteiger partial charge in [0.1, 0.15) is 11.6 Å².